The minimum absolute atomic E-state index is 0.00712. The zero-order chi connectivity index (χ0) is 21.5. The molecule has 1 aliphatic carbocycles. The topological polar surface area (TPSA) is 122 Å². The van der Waals surface area contributed by atoms with Gasteiger partial charge >= 0.3 is 0 Å². The molecule has 0 radical (unpaired) electrons. The first-order valence-electron chi connectivity index (χ1n) is 10.2. The number of primary amides is 1. The molecule has 0 fully saturated rings. The normalized spacial score (nSPS) is 17.0. The first-order valence-corrected chi connectivity index (χ1v) is 11.9. The fourth-order valence-electron chi connectivity index (χ4n) is 4.25. The number of nitrogens with one attached hydrogen (secondary N) is 2. The number of hydrogen-bond donors (Lipinski definition) is 3. The Balaban J connectivity index is 1.81. The maximum atomic E-state index is 12.7. The molecular formula is C22H25N3O4S. The van der Waals surface area contributed by atoms with E-state index < -0.39 is 9.84 Å². The lowest BCUT2D eigenvalue weighted by molar-refractivity contribution is -0.118. The summed E-state index contributed by atoms with van der Waals surface area (Å²) in [6.45, 7) is 1.59. The van der Waals surface area contributed by atoms with Gasteiger partial charge in [-0.15, -0.1) is 0 Å². The standard InChI is InChI=1S/C22H25N3O4S/c1-2-30(28,29)13-7-9-19-16(11-13)17(22(27)25-19)12-20-15(8-10-21(23)26)14-5-3-4-6-18(14)24-20/h7,9,11-12,24H,2-6,8,10H2,1H3,(H2,23,26)(H,25,27). The molecule has 158 valence electrons. The molecule has 8 heteroatoms. The smallest absolute Gasteiger partial charge is 0.256 e. The number of aromatic nitrogens is 1. The largest absolute Gasteiger partial charge is 0.370 e. The van der Waals surface area contributed by atoms with Crippen LogP contribution in [0.2, 0.25) is 0 Å². The quantitative estimate of drug-likeness (QED) is 0.613. The van der Waals surface area contributed by atoms with E-state index >= 15 is 0 Å². The molecule has 1 aromatic carbocycles. The average molecular weight is 428 g/mol. The Morgan fingerprint density at radius 2 is 2.00 bits per heavy atom. The van der Waals surface area contributed by atoms with E-state index in [1.54, 1.807) is 25.1 Å². The summed E-state index contributed by atoms with van der Waals surface area (Å²) in [5.41, 5.74) is 11.1. The van der Waals surface area contributed by atoms with Gasteiger partial charge in [0.1, 0.15) is 0 Å². The van der Waals surface area contributed by atoms with Crippen molar-refractivity contribution >= 4 is 39.0 Å². The molecule has 4 rings (SSSR count). The second-order valence-electron chi connectivity index (χ2n) is 7.77. The monoisotopic (exact) mass is 427 g/mol. The van der Waals surface area contributed by atoms with Crippen LogP contribution in [0.25, 0.3) is 11.6 Å². The highest BCUT2D eigenvalue weighted by Gasteiger charge is 2.28. The predicted molar refractivity (Wildman–Crippen MR) is 116 cm³/mol. The lowest BCUT2D eigenvalue weighted by Gasteiger charge is -2.12. The minimum atomic E-state index is -3.39. The van der Waals surface area contributed by atoms with Crippen molar-refractivity contribution in [2.75, 3.05) is 11.1 Å². The van der Waals surface area contributed by atoms with Crippen LogP contribution in [0.15, 0.2) is 23.1 Å². The number of carbonyl (C=O) groups is 2. The van der Waals surface area contributed by atoms with Gasteiger partial charge in [-0.2, -0.15) is 0 Å². The number of H-pyrrole nitrogens is 1. The van der Waals surface area contributed by atoms with Crippen LogP contribution >= 0.6 is 0 Å². The number of benzene rings is 1. The Hall–Kier alpha value is -2.87. The molecule has 4 N–H and O–H groups in total. The van der Waals surface area contributed by atoms with Crippen molar-refractivity contribution in [2.45, 2.75) is 50.3 Å². The molecule has 0 spiro atoms. The highest BCUT2D eigenvalue weighted by atomic mass is 32.2. The summed E-state index contributed by atoms with van der Waals surface area (Å²) in [5, 5.41) is 2.81. The number of aryl methyl sites for hydroxylation is 1. The van der Waals surface area contributed by atoms with Crippen LogP contribution in [0.5, 0.6) is 0 Å². The number of aromatic amines is 1. The van der Waals surface area contributed by atoms with Gasteiger partial charge < -0.3 is 16.0 Å². The number of amides is 2. The number of carbonyl (C=O) groups excluding carboxylic acids is 2. The van der Waals surface area contributed by atoms with E-state index in [2.05, 4.69) is 10.3 Å². The molecule has 2 amide bonds. The summed E-state index contributed by atoms with van der Waals surface area (Å²) < 4.78 is 24.6. The minimum Gasteiger partial charge on any atom is -0.370 e. The van der Waals surface area contributed by atoms with Crippen LogP contribution in [-0.2, 0) is 38.7 Å². The molecule has 0 saturated carbocycles. The third-order valence-corrected chi connectivity index (χ3v) is 7.60. The Bertz CT molecular complexity index is 1180. The van der Waals surface area contributed by atoms with Crippen LogP contribution in [0.1, 0.15) is 54.3 Å². The van der Waals surface area contributed by atoms with E-state index in [0.29, 0.717) is 23.2 Å². The summed E-state index contributed by atoms with van der Waals surface area (Å²) in [6.07, 6.45) is 6.58. The van der Waals surface area contributed by atoms with E-state index in [1.807, 2.05) is 0 Å². The average Bonchev–Trinajstić information content (AvgIpc) is 3.23. The Morgan fingerprint density at radius 1 is 1.23 bits per heavy atom. The summed E-state index contributed by atoms with van der Waals surface area (Å²) >= 11 is 0. The number of anilines is 1. The summed E-state index contributed by atoms with van der Waals surface area (Å²) in [7, 11) is -3.39. The van der Waals surface area contributed by atoms with Crippen LogP contribution in [0.3, 0.4) is 0 Å². The molecule has 0 unspecified atom stereocenters. The molecule has 30 heavy (non-hydrogen) atoms. The van der Waals surface area contributed by atoms with Crippen molar-refractivity contribution in [1.82, 2.24) is 4.98 Å². The zero-order valence-corrected chi connectivity index (χ0v) is 17.7. The van der Waals surface area contributed by atoms with Crippen LogP contribution in [0.4, 0.5) is 5.69 Å². The molecule has 1 aromatic heterocycles. The molecule has 0 atom stereocenters. The number of nitrogens with two attached hydrogens (primary N) is 1. The van der Waals surface area contributed by atoms with E-state index in [4.69, 9.17) is 5.73 Å². The summed E-state index contributed by atoms with van der Waals surface area (Å²) in [6, 6.07) is 4.71. The van der Waals surface area contributed by atoms with Gasteiger partial charge in [0, 0.05) is 29.1 Å². The van der Waals surface area contributed by atoms with Crippen molar-refractivity contribution in [2.24, 2.45) is 5.73 Å². The van der Waals surface area contributed by atoms with E-state index in [-0.39, 0.29) is 28.9 Å². The number of fused-ring (bicyclic) bond motifs is 2. The lowest BCUT2D eigenvalue weighted by atomic mass is 9.92. The van der Waals surface area contributed by atoms with E-state index in [1.165, 1.54) is 11.6 Å². The Labute approximate surface area is 175 Å². The molecule has 2 heterocycles. The van der Waals surface area contributed by atoms with Gasteiger partial charge in [-0.25, -0.2) is 8.42 Å². The molecule has 2 aromatic rings. The maximum Gasteiger partial charge on any atom is 0.256 e. The molecule has 0 bridgehead atoms. The fourth-order valence-corrected chi connectivity index (χ4v) is 5.15. The van der Waals surface area contributed by atoms with E-state index in [0.717, 1.165) is 42.6 Å². The van der Waals surface area contributed by atoms with Crippen molar-refractivity contribution in [1.29, 1.82) is 0 Å². The second-order valence-corrected chi connectivity index (χ2v) is 10.0. The second kappa shape index (κ2) is 7.75. The SMILES string of the molecule is CCS(=O)(=O)c1ccc2c(c1)C(=Cc1[nH]c3c(c1CCC(N)=O)CCCC3)C(=O)N2. The van der Waals surface area contributed by atoms with Crippen molar-refractivity contribution < 1.29 is 18.0 Å². The highest BCUT2D eigenvalue weighted by Crippen LogP contribution is 2.37. The van der Waals surface area contributed by atoms with Gasteiger partial charge in [-0.3, -0.25) is 9.59 Å². The first kappa shape index (κ1) is 20.4. The summed E-state index contributed by atoms with van der Waals surface area (Å²) in [4.78, 5) is 27.7. The predicted octanol–water partition coefficient (Wildman–Crippen LogP) is 2.60. The van der Waals surface area contributed by atoms with Gasteiger partial charge in [-0.05, 0) is 67.5 Å². The van der Waals surface area contributed by atoms with Gasteiger partial charge in [0.05, 0.1) is 16.2 Å². The molecule has 7 nitrogen and oxygen atoms in total. The van der Waals surface area contributed by atoms with Gasteiger partial charge in [-0.1, -0.05) is 6.92 Å². The molecule has 2 aliphatic rings. The molecule has 1 aliphatic heterocycles. The Morgan fingerprint density at radius 3 is 2.73 bits per heavy atom. The molecular weight excluding hydrogens is 402 g/mol. The fraction of sp³-hybridized carbons (Fsp3) is 0.364. The number of sulfone groups is 1. The zero-order valence-electron chi connectivity index (χ0n) is 16.9. The highest BCUT2D eigenvalue weighted by molar-refractivity contribution is 7.91. The molecule has 0 saturated heterocycles. The van der Waals surface area contributed by atoms with Crippen molar-refractivity contribution in [3.8, 4) is 0 Å². The van der Waals surface area contributed by atoms with Gasteiger partial charge in [0.15, 0.2) is 9.84 Å². The summed E-state index contributed by atoms with van der Waals surface area (Å²) in [5.74, 6) is -0.644. The van der Waals surface area contributed by atoms with Crippen LogP contribution < -0.4 is 11.1 Å². The van der Waals surface area contributed by atoms with E-state index in [9.17, 15) is 18.0 Å². The maximum absolute atomic E-state index is 12.7. The third-order valence-electron chi connectivity index (χ3n) is 5.87. The number of hydrogen-bond acceptors (Lipinski definition) is 4. The van der Waals surface area contributed by atoms with Crippen LogP contribution in [0, 0.1) is 0 Å². The van der Waals surface area contributed by atoms with Crippen molar-refractivity contribution in [3.05, 3.63) is 46.3 Å². The van der Waals surface area contributed by atoms with Gasteiger partial charge in [0.2, 0.25) is 5.91 Å². The Kier molecular flexibility index (Phi) is 5.27. The first-order chi connectivity index (χ1) is 14.3. The van der Waals surface area contributed by atoms with Crippen LogP contribution in [-0.4, -0.2) is 31.0 Å². The lowest BCUT2D eigenvalue weighted by Crippen LogP contribution is -2.12. The van der Waals surface area contributed by atoms with Crippen molar-refractivity contribution in [3.63, 3.8) is 0 Å². The number of rotatable bonds is 6. The third kappa shape index (κ3) is 3.67. The van der Waals surface area contributed by atoms with Gasteiger partial charge in [0.25, 0.3) is 5.91 Å².